The number of carbonyl (C=O) groups is 2. The van der Waals surface area contributed by atoms with E-state index in [0.717, 1.165) is 22.5 Å². The number of hydrogen-bond donors (Lipinski definition) is 2. The highest BCUT2D eigenvalue weighted by atomic mass is 35.5. The van der Waals surface area contributed by atoms with Gasteiger partial charge >= 0.3 is 5.97 Å². The van der Waals surface area contributed by atoms with Crippen LogP contribution in [0.1, 0.15) is 51.1 Å². The molecule has 4 rings (SSSR count). The zero-order valence-electron chi connectivity index (χ0n) is 19.4. The number of rotatable bonds is 9. The topological polar surface area (TPSA) is 88.6 Å². The summed E-state index contributed by atoms with van der Waals surface area (Å²) in [5, 5.41) is 11.4. The molecular formula is C27H24ClNO5S. The lowest BCUT2D eigenvalue weighted by Gasteiger charge is -2.20. The maximum absolute atomic E-state index is 13.9. The van der Waals surface area contributed by atoms with Crippen LogP contribution in [0.15, 0.2) is 66.2 Å². The minimum atomic E-state index is -0.978. The second-order valence-corrected chi connectivity index (χ2v) is 9.51. The molecule has 0 saturated carbocycles. The minimum absolute atomic E-state index is 0.0231. The average molecular weight is 510 g/mol. The van der Waals surface area contributed by atoms with Gasteiger partial charge in [-0.1, -0.05) is 17.7 Å². The fraction of sp³-hybridized carbons (Fsp3) is 0.185. The summed E-state index contributed by atoms with van der Waals surface area (Å²) >= 11 is 7.69. The lowest BCUT2D eigenvalue weighted by atomic mass is 9.86. The van der Waals surface area contributed by atoms with Gasteiger partial charge in [-0.05, 0) is 78.9 Å². The van der Waals surface area contributed by atoms with Crippen molar-refractivity contribution in [2.75, 3.05) is 7.11 Å². The smallest absolute Gasteiger partial charge is 0.345 e. The maximum Gasteiger partial charge on any atom is 0.345 e. The van der Waals surface area contributed by atoms with Gasteiger partial charge in [-0.3, -0.25) is 4.79 Å². The van der Waals surface area contributed by atoms with Crippen molar-refractivity contribution in [2.24, 2.45) is 0 Å². The molecule has 4 aromatic rings. The van der Waals surface area contributed by atoms with Crippen molar-refractivity contribution in [3.63, 3.8) is 0 Å². The third-order valence-electron chi connectivity index (χ3n) is 5.46. The van der Waals surface area contributed by atoms with Gasteiger partial charge in [0.15, 0.2) is 5.78 Å². The number of aromatic nitrogens is 1. The van der Waals surface area contributed by atoms with Gasteiger partial charge in [0.1, 0.15) is 16.4 Å². The number of benzene rings is 2. The number of carboxylic acid groups (broad SMARTS) is 1. The first-order valence-electron chi connectivity index (χ1n) is 10.9. The van der Waals surface area contributed by atoms with Crippen molar-refractivity contribution in [1.82, 2.24) is 4.98 Å². The molecule has 0 amide bonds. The van der Waals surface area contributed by atoms with E-state index in [-0.39, 0.29) is 16.8 Å². The average Bonchev–Trinajstić information content (AvgIpc) is 3.52. The van der Waals surface area contributed by atoms with Gasteiger partial charge in [-0.2, -0.15) is 0 Å². The van der Waals surface area contributed by atoms with Crippen molar-refractivity contribution in [1.29, 1.82) is 0 Å². The van der Waals surface area contributed by atoms with Gasteiger partial charge < -0.3 is 19.6 Å². The molecule has 8 heteroatoms. The molecule has 0 fully saturated rings. The Kier molecular flexibility index (Phi) is 7.28. The molecule has 0 radical (unpaired) electrons. The van der Waals surface area contributed by atoms with Crippen LogP contribution in [-0.4, -0.2) is 35.1 Å². The fourth-order valence-corrected chi connectivity index (χ4v) is 4.93. The highest BCUT2D eigenvalue weighted by Gasteiger charge is 2.30. The zero-order chi connectivity index (χ0) is 25.1. The predicted octanol–water partition coefficient (Wildman–Crippen LogP) is 6.91. The van der Waals surface area contributed by atoms with Gasteiger partial charge in [-0.15, -0.1) is 11.3 Å². The van der Waals surface area contributed by atoms with E-state index in [1.165, 1.54) is 0 Å². The molecule has 6 nitrogen and oxygen atoms in total. The summed E-state index contributed by atoms with van der Waals surface area (Å²) < 4.78 is 11.3. The molecular weight excluding hydrogens is 486 g/mol. The van der Waals surface area contributed by atoms with Crippen LogP contribution in [-0.2, 0) is 0 Å². The number of carbonyl (C=O) groups excluding carboxylic acids is 1. The van der Waals surface area contributed by atoms with Gasteiger partial charge in [0.05, 0.1) is 24.2 Å². The Hall–Kier alpha value is -3.55. The molecule has 2 N–H and O–H groups in total. The Morgan fingerprint density at radius 1 is 1.06 bits per heavy atom. The van der Waals surface area contributed by atoms with Crippen molar-refractivity contribution >= 4 is 34.7 Å². The van der Waals surface area contributed by atoms with Crippen LogP contribution in [0.3, 0.4) is 0 Å². The molecule has 180 valence electrons. The van der Waals surface area contributed by atoms with Crippen LogP contribution >= 0.6 is 22.9 Å². The van der Waals surface area contributed by atoms with Crippen LogP contribution in [0.25, 0.3) is 11.1 Å². The molecule has 1 unspecified atom stereocenters. The van der Waals surface area contributed by atoms with Crippen LogP contribution < -0.4 is 9.47 Å². The first-order valence-corrected chi connectivity index (χ1v) is 12.2. The Labute approximate surface area is 212 Å². The molecule has 2 aromatic heterocycles. The number of carboxylic acids is 1. The minimum Gasteiger partial charge on any atom is -0.496 e. The van der Waals surface area contributed by atoms with Gasteiger partial charge in [0.25, 0.3) is 0 Å². The number of ether oxygens (including phenoxy) is 2. The Morgan fingerprint density at radius 3 is 2.46 bits per heavy atom. The summed E-state index contributed by atoms with van der Waals surface area (Å²) in [5.74, 6) is -0.795. The molecule has 0 saturated heterocycles. The van der Waals surface area contributed by atoms with Crippen molar-refractivity contribution in [2.45, 2.75) is 25.9 Å². The molecule has 2 heterocycles. The second-order valence-electron chi connectivity index (χ2n) is 8.19. The van der Waals surface area contributed by atoms with Gasteiger partial charge in [0.2, 0.25) is 0 Å². The number of nitrogens with one attached hydrogen (secondary N) is 1. The SMILES string of the molecule is COc1ccc(-c2csc(C(=O)O)c2)cc1C(C(=O)c1ccc(OC(C)C)cc1Cl)c1ccc[nH]1. The molecule has 2 aromatic carbocycles. The largest absolute Gasteiger partial charge is 0.496 e. The van der Waals surface area contributed by atoms with Gasteiger partial charge in [-0.25, -0.2) is 4.79 Å². The van der Waals surface area contributed by atoms with Gasteiger partial charge in [0, 0.05) is 23.0 Å². The van der Waals surface area contributed by atoms with Crippen molar-refractivity contribution in [3.05, 3.63) is 92.9 Å². The van der Waals surface area contributed by atoms with Crippen molar-refractivity contribution < 1.29 is 24.2 Å². The number of aromatic carboxylic acids is 1. The lowest BCUT2D eigenvalue weighted by Crippen LogP contribution is -2.17. The lowest BCUT2D eigenvalue weighted by molar-refractivity contribution is 0.0702. The molecule has 0 aliphatic heterocycles. The maximum atomic E-state index is 13.9. The summed E-state index contributed by atoms with van der Waals surface area (Å²) in [7, 11) is 1.55. The first-order chi connectivity index (χ1) is 16.8. The molecule has 0 aliphatic carbocycles. The van der Waals surface area contributed by atoms with Crippen molar-refractivity contribution in [3.8, 4) is 22.6 Å². The molecule has 0 aliphatic rings. The van der Waals surface area contributed by atoms with E-state index in [4.69, 9.17) is 21.1 Å². The van der Waals surface area contributed by atoms with E-state index < -0.39 is 11.9 Å². The van der Waals surface area contributed by atoms with E-state index in [0.29, 0.717) is 33.3 Å². The monoisotopic (exact) mass is 509 g/mol. The summed E-state index contributed by atoms with van der Waals surface area (Å²) in [5.41, 5.74) is 3.21. The van der Waals surface area contributed by atoms with Crippen LogP contribution in [0.5, 0.6) is 11.5 Å². The molecule has 1 atom stereocenters. The van der Waals surface area contributed by atoms with Crippen LogP contribution in [0.4, 0.5) is 0 Å². The van der Waals surface area contributed by atoms with E-state index in [9.17, 15) is 14.7 Å². The number of halogens is 1. The van der Waals surface area contributed by atoms with E-state index in [1.54, 1.807) is 49.0 Å². The standard InChI is InChI=1S/C27H24ClNO5S/c1-15(2)34-18-7-8-19(21(28)13-18)26(30)25(22-5-4-10-29-22)20-11-16(6-9-23(20)33-3)17-12-24(27(31)32)35-14-17/h4-15,25,29H,1-3H3,(H,31,32). The number of thiophene rings is 1. The normalized spacial score (nSPS) is 11.9. The van der Waals surface area contributed by atoms with Crippen LogP contribution in [0.2, 0.25) is 5.02 Å². The predicted molar refractivity (Wildman–Crippen MR) is 137 cm³/mol. The third-order valence-corrected chi connectivity index (χ3v) is 6.69. The number of Topliss-reactive ketones (excluding diaryl/α,β-unsaturated/α-hetero) is 1. The number of aromatic amines is 1. The Balaban J connectivity index is 1.81. The highest BCUT2D eigenvalue weighted by molar-refractivity contribution is 7.12. The fourth-order valence-electron chi connectivity index (χ4n) is 3.91. The number of H-pyrrole nitrogens is 1. The second kappa shape index (κ2) is 10.4. The Bertz CT molecular complexity index is 1360. The summed E-state index contributed by atoms with van der Waals surface area (Å²) in [6.07, 6.45) is 1.73. The number of ketones is 1. The zero-order valence-corrected chi connectivity index (χ0v) is 20.9. The van der Waals surface area contributed by atoms with Crippen LogP contribution in [0, 0.1) is 0 Å². The first kappa shape index (κ1) is 24.6. The third kappa shape index (κ3) is 5.26. The summed E-state index contributed by atoms with van der Waals surface area (Å²) in [6.45, 7) is 3.83. The van der Waals surface area contributed by atoms with E-state index in [1.807, 2.05) is 38.1 Å². The molecule has 0 spiro atoms. The summed E-state index contributed by atoms with van der Waals surface area (Å²) in [6, 6.07) is 15.8. The Morgan fingerprint density at radius 2 is 1.86 bits per heavy atom. The summed E-state index contributed by atoms with van der Waals surface area (Å²) in [4.78, 5) is 28.7. The quantitative estimate of drug-likeness (QED) is 0.239. The number of methoxy groups -OCH3 is 1. The molecule has 35 heavy (non-hydrogen) atoms. The van der Waals surface area contributed by atoms with E-state index in [2.05, 4.69) is 4.98 Å². The molecule has 0 bridgehead atoms. The van der Waals surface area contributed by atoms with E-state index >= 15 is 0 Å². The highest BCUT2D eigenvalue weighted by Crippen LogP contribution is 2.39. The number of hydrogen-bond acceptors (Lipinski definition) is 5.